The van der Waals surface area contributed by atoms with E-state index in [9.17, 15) is 14.4 Å². The third kappa shape index (κ3) is 4.65. The maximum atomic E-state index is 12.2. The first-order chi connectivity index (χ1) is 13.1. The topological polar surface area (TPSA) is 85.8 Å². The number of esters is 2. The largest absolute Gasteiger partial charge is 0.463 e. The van der Waals surface area contributed by atoms with E-state index in [1.54, 1.807) is 19.1 Å². The summed E-state index contributed by atoms with van der Waals surface area (Å²) in [6, 6.07) is 10.9. The molecule has 140 valence electrons. The lowest BCUT2D eigenvalue weighted by Crippen LogP contribution is -2.29. The fourth-order valence-electron chi connectivity index (χ4n) is 2.54. The lowest BCUT2D eigenvalue weighted by molar-refractivity contribution is -0.137. The third-order valence-electron chi connectivity index (χ3n) is 3.79. The van der Waals surface area contributed by atoms with Crippen LogP contribution in [-0.4, -0.2) is 53.2 Å². The number of thioether (sulfide) groups is 1. The van der Waals surface area contributed by atoms with Crippen LogP contribution in [0, 0.1) is 0 Å². The minimum Gasteiger partial charge on any atom is -0.463 e. The Bertz CT molecular complexity index is 912. The van der Waals surface area contributed by atoms with Crippen molar-refractivity contribution >= 4 is 40.5 Å². The van der Waals surface area contributed by atoms with Crippen molar-refractivity contribution < 1.29 is 23.9 Å². The summed E-state index contributed by atoms with van der Waals surface area (Å²) in [6.45, 7) is 2.13. The zero-order valence-corrected chi connectivity index (χ0v) is 15.5. The Morgan fingerprint density at radius 1 is 1.22 bits per heavy atom. The van der Waals surface area contributed by atoms with Gasteiger partial charge in [-0.15, -0.1) is 0 Å². The maximum Gasteiger partial charge on any atom is 0.357 e. The van der Waals surface area contributed by atoms with E-state index in [4.69, 9.17) is 9.47 Å². The molecule has 0 aliphatic carbocycles. The Morgan fingerprint density at radius 2 is 2.04 bits per heavy atom. The van der Waals surface area contributed by atoms with Crippen molar-refractivity contribution in [2.24, 2.45) is 0 Å². The van der Waals surface area contributed by atoms with Crippen LogP contribution in [0.2, 0.25) is 0 Å². The van der Waals surface area contributed by atoms with Crippen LogP contribution in [0.5, 0.6) is 0 Å². The monoisotopic (exact) mass is 386 g/mol. The van der Waals surface area contributed by atoms with Crippen molar-refractivity contribution in [1.29, 1.82) is 0 Å². The van der Waals surface area contributed by atoms with Crippen molar-refractivity contribution in [2.75, 3.05) is 25.5 Å². The van der Waals surface area contributed by atoms with E-state index >= 15 is 0 Å². The van der Waals surface area contributed by atoms with Gasteiger partial charge in [-0.05, 0) is 19.1 Å². The minimum absolute atomic E-state index is 0.000193. The number of benzene rings is 1. The molecule has 7 nitrogen and oxygen atoms in total. The zero-order valence-electron chi connectivity index (χ0n) is 14.7. The predicted molar refractivity (Wildman–Crippen MR) is 101 cm³/mol. The van der Waals surface area contributed by atoms with Gasteiger partial charge in [-0.3, -0.25) is 4.79 Å². The predicted octanol–water partition coefficient (Wildman–Crippen LogP) is 2.37. The highest BCUT2D eigenvalue weighted by atomic mass is 32.2. The molecule has 2 heterocycles. The van der Waals surface area contributed by atoms with E-state index in [-0.39, 0.29) is 37.1 Å². The van der Waals surface area contributed by atoms with Crippen molar-refractivity contribution in [3.05, 3.63) is 53.2 Å². The number of pyridine rings is 1. The Kier molecular flexibility index (Phi) is 6.08. The molecule has 0 unspecified atom stereocenters. The van der Waals surface area contributed by atoms with Crippen LogP contribution in [0.15, 0.2) is 47.5 Å². The summed E-state index contributed by atoms with van der Waals surface area (Å²) < 4.78 is 10.1. The first-order valence-electron chi connectivity index (χ1n) is 8.43. The number of para-hydroxylation sites is 1. The van der Waals surface area contributed by atoms with E-state index in [2.05, 4.69) is 4.98 Å². The molecular formula is C19H18N2O5S. The molecule has 1 amide bonds. The zero-order chi connectivity index (χ0) is 19.2. The van der Waals surface area contributed by atoms with E-state index in [1.165, 1.54) is 22.7 Å². The fraction of sp³-hybridized carbons (Fsp3) is 0.263. The van der Waals surface area contributed by atoms with Gasteiger partial charge in [-0.1, -0.05) is 36.0 Å². The Balaban J connectivity index is 1.59. The molecule has 0 bridgehead atoms. The number of rotatable bonds is 6. The number of carbonyl (C=O) groups excluding carboxylic acids is 3. The van der Waals surface area contributed by atoms with Crippen LogP contribution in [0.1, 0.15) is 17.4 Å². The molecule has 0 N–H and O–H groups in total. The standard InChI is InChI=1S/C19H18N2O5S/c1-2-25-18(23)11-17-21(16(22)12-27-17)9-10-26-19(24)15-8-7-13-5-3-4-6-14(13)20-15/h3-8,11H,2,9-10,12H2,1H3. The summed E-state index contributed by atoms with van der Waals surface area (Å²) >= 11 is 1.25. The molecular weight excluding hydrogens is 368 g/mol. The molecule has 1 aromatic carbocycles. The van der Waals surface area contributed by atoms with Gasteiger partial charge in [0.2, 0.25) is 5.91 Å². The Labute approximate surface area is 160 Å². The molecule has 27 heavy (non-hydrogen) atoms. The average molecular weight is 386 g/mol. The minimum atomic E-state index is -0.559. The molecule has 1 aliphatic heterocycles. The van der Waals surface area contributed by atoms with Gasteiger partial charge in [-0.25, -0.2) is 14.6 Å². The first kappa shape index (κ1) is 18.9. The number of hydrogen-bond donors (Lipinski definition) is 0. The summed E-state index contributed by atoms with van der Waals surface area (Å²) in [5, 5.41) is 1.43. The summed E-state index contributed by atoms with van der Waals surface area (Å²) in [6.07, 6.45) is 1.28. The van der Waals surface area contributed by atoms with Gasteiger partial charge in [-0.2, -0.15) is 0 Å². The summed E-state index contributed by atoms with van der Waals surface area (Å²) in [4.78, 5) is 41.5. The molecule has 1 fully saturated rings. The molecule has 1 aromatic heterocycles. The van der Waals surface area contributed by atoms with Crippen molar-refractivity contribution in [2.45, 2.75) is 6.92 Å². The summed E-state index contributed by atoms with van der Waals surface area (Å²) in [5.74, 6) is -0.964. The molecule has 0 saturated carbocycles. The molecule has 0 spiro atoms. The number of fused-ring (bicyclic) bond motifs is 1. The molecule has 1 aliphatic rings. The second-order valence-corrected chi connectivity index (χ2v) is 6.59. The SMILES string of the molecule is CCOC(=O)C=C1SCC(=O)N1CCOC(=O)c1ccc2ccccc2n1. The highest BCUT2D eigenvalue weighted by molar-refractivity contribution is 8.04. The number of ether oxygens (including phenoxy) is 2. The second-order valence-electron chi connectivity index (χ2n) is 5.59. The van der Waals surface area contributed by atoms with Gasteiger partial charge in [0.15, 0.2) is 0 Å². The normalized spacial score (nSPS) is 15.4. The van der Waals surface area contributed by atoms with Crippen LogP contribution < -0.4 is 0 Å². The molecule has 2 aromatic rings. The highest BCUT2D eigenvalue weighted by Gasteiger charge is 2.27. The summed E-state index contributed by atoms with van der Waals surface area (Å²) in [7, 11) is 0. The highest BCUT2D eigenvalue weighted by Crippen LogP contribution is 2.28. The fourth-order valence-corrected chi connectivity index (χ4v) is 3.49. The van der Waals surface area contributed by atoms with Crippen LogP contribution >= 0.6 is 11.8 Å². The Morgan fingerprint density at radius 3 is 2.85 bits per heavy atom. The van der Waals surface area contributed by atoms with E-state index in [0.717, 1.165) is 5.39 Å². The third-order valence-corrected chi connectivity index (χ3v) is 4.82. The smallest absolute Gasteiger partial charge is 0.357 e. The van der Waals surface area contributed by atoms with Gasteiger partial charge in [0, 0.05) is 5.39 Å². The lowest BCUT2D eigenvalue weighted by Gasteiger charge is -2.16. The van der Waals surface area contributed by atoms with Crippen LogP contribution in [0.4, 0.5) is 0 Å². The van der Waals surface area contributed by atoms with E-state index in [0.29, 0.717) is 10.5 Å². The molecule has 0 atom stereocenters. The van der Waals surface area contributed by atoms with E-state index < -0.39 is 11.9 Å². The molecule has 1 saturated heterocycles. The van der Waals surface area contributed by atoms with Crippen molar-refractivity contribution in [3.8, 4) is 0 Å². The first-order valence-corrected chi connectivity index (χ1v) is 9.41. The van der Waals surface area contributed by atoms with E-state index in [1.807, 2.05) is 24.3 Å². The van der Waals surface area contributed by atoms with Crippen LogP contribution in [0.3, 0.4) is 0 Å². The van der Waals surface area contributed by atoms with Gasteiger partial charge in [0.1, 0.15) is 12.3 Å². The van der Waals surface area contributed by atoms with Gasteiger partial charge >= 0.3 is 11.9 Å². The Hall–Kier alpha value is -2.87. The van der Waals surface area contributed by atoms with Gasteiger partial charge in [0.25, 0.3) is 0 Å². The van der Waals surface area contributed by atoms with Crippen LogP contribution in [-0.2, 0) is 19.1 Å². The number of nitrogens with zero attached hydrogens (tertiary/aromatic N) is 2. The van der Waals surface area contributed by atoms with Gasteiger partial charge in [0.05, 0.1) is 35.5 Å². The number of amides is 1. The quantitative estimate of drug-likeness (QED) is 0.556. The number of carbonyl (C=O) groups is 3. The molecule has 3 rings (SSSR count). The maximum absolute atomic E-state index is 12.2. The van der Waals surface area contributed by atoms with Crippen molar-refractivity contribution in [1.82, 2.24) is 9.88 Å². The molecule has 0 radical (unpaired) electrons. The summed E-state index contributed by atoms with van der Waals surface area (Å²) in [5.41, 5.74) is 0.913. The molecule has 8 heteroatoms. The average Bonchev–Trinajstić information content (AvgIpc) is 3.01. The number of aromatic nitrogens is 1. The van der Waals surface area contributed by atoms with Crippen molar-refractivity contribution in [3.63, 3.8) is 0 Å². The second kappa shape index (κ2) is 8.68. The lowest BCUT2D eigenvalue weighted by atomic mass is 10.2. The van der Waals surface area contributed by atoms with Gasteiger partial charge < -0.3 is 14.4 Å². The number of hydrogen-bond acceptors (Lipinski definition) is 7. The van der Waals surface area contributed by atoms with Crippen LogP contribution in [0.25, 0.3) is 10.9 Å².